The summed E-state index contributed by atoms with van der Waals surface area (Å²) in [7, 11) is -4.82. The van der Waals surface area contributed by atoms with Crippen molar-refractivity contribution < 1.29 is 43.9 Å². The van der Waals surface area contributed by atoms with Crippen LogP contribution >= 0.6 is 11.8 Å². The second kappa shape index (κ2) is 40.3. The monoisotopic (exact) mass is 2110 g/mol. The molecule has 6 aromatic heterocycles. The van der Waals surface area contributed by atoms with Gasteiger partial charge in [-0.15, -0.1) is 0 Å². The molecule has 1 atom stereocenters. The molecule has 24 rings (SSSR count). The van der Waals surface area contributed by atoms with Crippen molar-refractivity contribution in [3.8, 4) is 11.5 Å². The molecule has 0 saturated heterocycles. The molecule has 0 spiro atoms. The van der Waals surface area contributed by atoms with E-state index in [9.17, 15) is 12.6 Å². The molecule has 20 heteroatoms. The van der Waals surface area contributed by atoms with Gasteiger partial charge in [0.15, 0.2) is 11.5 Å². The first-order chi connectivity index (χ1) is 71.1. The third kappa shape index (κ3) is 19.8. The van der Waals surface area contributed by atoms with Crippen LogP contribution in [-0.2, 0) is 43.3 Å². The molecule has 0 amide bonds. The Balaban J connectivity index is 0.000000113. The molecule has 12 heterocycles. The van der Waals surface area contributed by atoms with Crippen LogP contribution in [0.5, 0.6) is 11.5 Å². The summed E-state index contributed by atoms with van der Waals surface area (Å²) in [5, 5.41) is 0. The van der Waals surface area contributed by atoms with Gasteiger partial charge in [0.2, 0.25) is 39.3 Å². The Labute approximate surface area is 898 Å². The SMILES string of the molecule is Cc1cc(C)c(N2c3ccccc3Cc3cc(C)oc32)c(C)c1.Cc1cc(C)c(N2c3ccccc3S(=O)(=O)c3cc(C)oc32)c(C)c1.Cc1cc(C)c(N2c3ccccc3[Se]c3cc(C)oc32)c(C)c1.Cc1cc2c(o1)N(c1c(C)cc(C(C)(C)C)cc1C)c1ccccc1O2.Cc1cc2c(o1)N(c1c(C)cc(C(C)(C)C)cc1C)c1ccccc1S2.Cc1cc2c(o1)N(c1c(C)cc(C(C)(C)C)cc1C)c1ccccc1S2=O. The van der Waals surface area contributed by atoms with E-state index in [-0.39, 0.29) is 21.1 Å². The van der Waals surface area contributed by atoms with Gasteiger partial charge in [-0.1, -0.05) is 213 Å². The fourth-order valence-electron chi connectivity index (χ4n) is 21.9. The maximum atomic E-state index is 13.1. The quantitative estimate of drug-likeness (QED) is 0.145. The van der Waals surface area contributed by atoms with Gasteiger partial charge in [0, 0.05) is 29.0 Å². The van der Waals surface area contributed by atoms with Gasteiger partial charge >= 0.3 is 143 Å². The fourth-order valence-corrected chi connectivity index (χ4v) is 28.3. The molecule has 0 fully saturated rings. The van der Waals surface area contributed by atoms with E-state index in [0.29, 0.717) is 43.1 Å². The summed E-state index contributed by atoms with van der Waals surface area (Å²) in [4.78, 5) is 17.7. The van der Waals surface area contributed by atoms with Crippen LogP contribution in [0.3, 0.4) is 0 Å². The molecule has 0 N–H and O–H groups in total. The summed E-state index contributed by atoms with van der Waals surface area (Å²) in [6, 6.07) is 87.8. The first-order valence-corrected chi connectivity index (χ1v) is 56.5. The van der Waals surface area contributed by atoms with Gasteiger partial charge in [0.1, 0.15) is 38.6 Å². The molecule has 0 aliphatic carbocycles. The zero-order valence-corrected chi connectivity index (χ0v) is 96.0. The number of para-hydroxylation sites is 7. The van der Waals surface area contributed by atoms with Gasteiger partial charge in [-0.3, -0.25) is 24.5 Å². The van der Waals surface area contributed by atoms with Gasteiger partial charge in [0.25, 0.3) is 0 Å². The topological polar surface area (TPSA) is 159 Å². The number of hydrogen-bond donors (Lipinski definition) is 0. The zero-order chi connectivity index (χ0) is 107. The van der Waals surface area contributed by atoms with Gasteiger partial charge in [0.05, 0.1) is 82.4 Å². The number of sulfone groups is 1. The number of hydrogen-bond acceptors (Lipinski definition) is 17. The van der Waals surface area contributed by atoms with E-state index < -0.39 is 20.6 Å². The molecule has 6 aliphatic heterocycles. The van der Waals surface area contributed by atoms with Crippen molar-refractivity contribution in [2.24, 2.45) is 0 Å². The zero-order valence-electron chi connectivity index (χ0n) is 91.9. The maximum Gasteiger partial charge on any atom is 0.248 e. The Morgan fingerprint density at radius 2 is 0.633 bits per heavy atom. The second-order valence-corrected chi connectivity index (χ2v) is 50.6. The van der Waals surface area contributed by atoms with Crippen LogP contribution in [-0.4, -0.2) is 27.6 Å². The van der Waals surface area contributed by atoms with E-state index in [2.05, 4.69) is 347 Å². The van der Waals surface area contributed by atoms with E-state index in [4.69, 9.17) is 31.2 Å². The molecule has 16 nitrogen and oxygen atoms in total. The largest absolute Gasteiger partial charge is 0.449 e. The third-order valence-electron chi connectivity index (χ3n) is 28.2. The summed E-state index contributed by atoms with van der Waals surface area (Å²) in [6.07, 6.45) is 0.934. The van der Waals surface area contributed by atoms with Crippen LogP contribution in [0.2, 0.25) is 0 Å². The molecular weight excluding hydrogens is 1980 g/mol. The first-order valence-electron chi connectivity index (χ1n) is 51.3. The number of anilines is 18. The van der Waals surface area contributed by atoms with E-state index in [1.165, 1.54) is 153 Å². The predicted octanol–water partition coefficient (Wildman–Crippen LogP) is 35.9. The van der Waals surface area contributed by atoms with Crippen molar-refractivity contribution in [1.29, 1.82) is 0 Å². The number of nitrogens with zero attached hydrogens (tertiary/aromatic N) is 6. The van der Waals surface area contributed by atoms with Gasteiger partial charge in [-0.2, -0.15) is 0 Å². The van der Waals surface area contributed by atoms with Crippen LogP contribution in [0.1, 0.15) is 208 Å². The number of fused-ring (bicyclic) bond motifs is 12. The van der Waals surface area contributed by atoms with E-state index in [1.807, 2.05) is 120 Å². The smallest absolute Gasteiger partial charge is 0.248 e. The minimum atomic E-state index is -3.59. The Hall–Kier alpha value is -14.1. The van der Waals surface area contributed by atoms with Gasteiger partial charge in [-0.25, -0.2) is 12.6 Å². The third-order valence-corrected chi connectivity index (χ3v) is 34.8. The average Bonchev–Trinajstić information content (AvgIpc) is 0.706. The molecule has 0 bridgehead atoms. The Morgan fingerprint density at radius 3 is 1.17 bits per heavy atom. The molecule has 18 aromatic rings. The van der Waals surface area contributed by atoms with E-state index in [0.717, 1.165) is 120 Å². The minimum Gasteiger partial charge on any atom is -0.449 e. The summed E-state index contributed by atoms with van der Waals surface area (Å²) < 4.78 is 84.2. The van der Waals surface area contributed by atoms with Crippen molar-refractivity contribution in [3.63, 3.8) is 0 Å². The number of benzene rings is 12. The van der Waals surface area contributed by atoms with Crippen molar-refractivity contribution in [3.05, 3.63) is 401 Å². The van der Waals surface area contributed by atoms with Crippen LogP contribution in [0.15, 0.2) is 311 Å². The number of ether oxygens (including phenoxy) is 1. The molecule has 768 valence electrons. The maximum absolute atomic E-state index is 13.1. The molecule has 6 aliphatic rings. The summed E-state index contributed by atoms with van der Waals surface area (Å²) in [5.41, 5.74) is 38.5. The summed E-state index contributed by atoms with van der Waals surface area (Å²) in [6.45, 7) is 64.1. The Kier molecular flexibility index (Phi) is 28.1. The van der Waals surface area contributed by atoms with Crippen LogP contribution in [0.4, 0.5) is 104 Å². The molecule has 0 radical (unpaired) electrons. The summed E-state index contributed by atoms with van der Waals surface area (Å²) >= 11 is 2.08. The fraction of sp³-hybridized carbons (Fsp3) is 0.262. The number of furan rings is 6. The van der Waals surface area contributed by atoms with Crippen molar-refractivity contribution >= 4 is 160 Å². The second-order valence-electron chi connectivity index (χ2n) is 43.9. The van der Waals surface area contributed by atoms with Gasteiger partial charge in [-0.05, 0) is 285 Å². The van der Waals surface area contributed by atoms with Crippen LogP contribution in [0.25, 0.3) is 0 Å². The van der Waals surface area contributed by atoms with E-state index >= 15 is 0 Å². The van der Waals surface area contributed by atoms with Crippen molar-refractivity contribution in [2.45, 2.75) is 260 Å². The Morgan fingerprint density at radius 1 is 0.273 bits per heavy atom. The van der Waals surface area contributed by atoms with Gasteiger partial charge < -0.3 is 26.8 Å². The number of rotatable bonds is 6. The number of aryl methyl sites for hydroxylation is 21. The van der Waals surface area contributed by atoms with E-state index in [1.54, 1.807) is 36.9 Å². The molecule has 12 aromatic carbocycles. The standard InChI is InChI=1S/C23H25NO2S.C23H25NO2.C23H25NOS.C21H21NO.C20H19NO3S.C20H19NOSe/c1-14-11-17(23(4,5)6)12-15(2)21(14)24-18-9-7-8-10-19(18)27(25)20-13-16(3)26-22(20)24;2*1-14-11-17(23(4,5)6)12-15(2)21(14)24-18-9-7-8-10-19(18)26-20-13-16(3)25-22(20)24;1-13-9-14(2)20(15(3)10-13)22-19-8-6-5-7-17(19)12-18-11-16(4)23-21(18)22;1-12-9-13(2)19(14(3)10-12)21-16-7-5-6-8-17(16)25(22,23)18-11-15(4)24-20(18)21;1-12-9-13(2)19(14(3)10-12)21-16-7-5-6-8-17(16)23-18-11-15(4)22-20(18)21/h7-13H,1-6H3;2*7-13H,1-6H3;5-11H,12H2,1-4H3;5-11H,1-4H3;5-11H,1-4H3. The first kappa shape index (κ1) is 104. The molecule has 1 unspecified atom stereocenters. The van der Waals surface area contributed by atoms with Crippen molar-refractivity contribution in [2.75, 3.05) is 29.4 Å². The molecule has 0 saturated carbocycles. The normalized spacial score (nSPS) is 14.0. The predicted molar refractivity (Wildman–Crippen MR) is 618 cm³/mol. The minimum absolute atomic E-state index is 0.0851. The Bertz CT molecular complexity index is 8070. The average molecular weight is 2120 g/mol. The molecule has 150 heavy (non-hydrogen) atoms. The van der Waals surface area contributed by atoms with Crippen molar-refractivity contribution in [1.82, 2.24) is 0 Å². The molecular formula is C130H134N6O10S3Se. The summed E-state index contributed by atoms with van der Waals surface area (Å²) in [5.74, 6) is 11.4. The van der Waals surface area contributed by atoms with Crippen LogP contribution in [0, 0.1) is 145 Å². The van der Waals surface area contributed by atoms with Crippen LogP contribution < -0.4 is 43.1 Å².